The molecule has 0 radical (unpaired) electrons. The number of nitrogens with one attached hydrogen (secondary N) is 3. The van der Waals surface area contributed by atoms with Crippen LogP contribution in [0.25, 0.3) is 16.9 Å². The van der Waals surface area contributed by atoms with Crippen LogP contribution < -0.4 is 15.4 Å². The summed E-state index contributed by atoms with van der Waals surface area (Å²) in [6.45, 7) is 0. The molecule has 1 atom stereocenters. The molecule has 25 heavy (non-hydrogen) atoms. The molecular weight excluding hydrogens is 340 g/mol. The first-order valence-electron chi connectivity index (χ1n) is 7.40. The monoisotopic (exact) mass is 358 g/mol. The van der Waals surface area contributed by atoms with Crippen molar-refractivity contribution in [3.63, 3.8) is 0 Å². The van der Waals surface area contributed by atoms with E-state index < -0.39 is 9.71 Å². The van der Waals surface area contributed by atoms with Crippen LogP contribution in [0.5, 0.6) is 0 Å². The number of aromatic nitrogens is 3. The first kappa shape index (κ1) is 16.8. The second-order valence-corrected chi connectivity index (χ2v) is 7.75. The molecule has 0 aliphatic heterocycles. The fourth-order valence-corrected chi connectivity index (χ4v) is 2.89. The number of benzene rings is 1. The van der Waals surface area contributed by atoms with Crippen LogP contribution in [-0.4, -0.2) is 44.0 Å². The van der Waals surface area contributed by atoms with Crippen molar-refractivity contribution >= 4 is 38.8 Å². The van der Waals surface area contributed by atoms with Crippen LogP contribution in [0, 0.1) is 0 Å². The predicted molar refractivity (Wildman–Crippen MR) is 101 cm³/mol. The predicted octanol–water partition coefficient (Wildman–Crippen LogP) is 1.82. The van der Waals surface area contributed by atoms with E-state index in [2.05, 4.69) is 31.3 Å². The minimum absolute atomic E-state index is 0.348. The number of amides is 2. The molecule has 1 aromatic carbocycles. The number of imidazole rings is 1. The maximum absolute atomic E-state index is 11.8. The highest BCUT2D eigenvalue weighted by molar-refractivity contribution is 8.00. The van der Waals surface area contributed by atoms with Gasteiger partial charge < -0.3 is 10.0 Å². The molecular formula is C16H18N6O2S. The van der Waals surface area contributed by atoms with E-state index >= 15 is 0 Å². The van der Waals surface area contributed by atoms with E-state index in [9.17, 15) is 9.00 Å². The number of hydrogen-bond donors (Lipinski definition) is 3. The normalized spacial score (nSPS) is 13.2. The number of carbonyl (C=O) groups excluding carboxylic acids is 1. The lowest BCUT2D eigenvalue weighted by atomic mass is 10.1. The van der Waals surface area contributed by atoms with Crippen molar-refractivity contribution in [3.8, 4) is 11.3 Å². The zero-order valence-electron chi connectivity index (χ0n) is 13.8. The average Bonchev–Trinajstić information content (AvgIpc) is 2.94. The molecule has 3 N–H and O–H groups in total. The van der Waals surface area contributed by atoms with Crippen molar-refractivity contribution in [2.75, 3.05) is 23.3 Å². The smallest absolute Gasteiger partial charge is 0.320 e. The topological polar surface area (TPSA) is 100 Å². The third-order valence-corrected chi connectivity index (χ3v) is 3.95. The minimum Gasteiger partial charge on any atom is -0.341 e. The Morgan fingerprint density at radius 2 is 2.08 bits per heavy atom. The van der Waals surface area contributed by atoms with Crippen LogP contribution in [0.15, 0.2) is 42.6 Å². The quantitative estimate of drug-likeness (QED) is 0.619. The Morgan fingerprint density at radius 1 is 1.28 bits per heavy atom. The van der Waals surface area contributed by atoms with E-state index in [0.717, 1.165) is 5.56 Å². The third kappa shape index (κ3) is 4.07. The van der Waals surface area contributed by atoms with Crippen LogP contribution in [-0.2, 0) is 9.71 Å². The van der Waals surface area contributed by atoms with E-state index in [1.165, 1.54) is 13.3 Å². The highest BCUT2D eigenvalue weighted by Gasteiger charge is 2.08. The minimum atomic E-state index is -2.35. The zero-order chi connectivity index (χ0) is 18.0. The van der Waals surface area contributed by atoms with Crippen LogP contribution >= 0.6 is 0 Å². The van der Waals surface area contributed by atoms with Crippen molar-refractivity contribution in [2.45, 2.75) is 0 Å². The Bertz CT molecular complexity index is 1040. The molecule has 2 aromatic heterocycles. The summed E-state index contributed by atoms with van der Waals surface area (Å²) in [5.41, 5.74) is 2.88. The number of carbonyl (C=O) groups is 1. The Hall–Kier alpha value is -3.07. The van der Waals surface area contributed by atoms with Gasteiger partial charge in [0.25, 0.3) is 0 Å². The zero-order valence-corrected chi connectivity index (χ0v) is 14.6. The number of urea groups is 1. The van der Waals surface area contributed by atoms with Crippen molar-refractivity contribution < 1.29 is 9.00 Å². The summed E-state index contributed by atoms with van der Waals surface area (Å²) in [4.78, 5) is 15.6. The lowest BCUT2D eigenvalue weighted by Gasteiger charge is -2.09. The second-order valence-electron chi connectivity index (χ2n) is 5.54. The van der Waals surface area contributed by atoms with Crippen LogP contribution in [0.4, 0.5) is 16.3 Å². The van der Waals surface area contributed by atoms with E-state index in [0.29, 0.717) is 22.8 Å². The van der Waals surface area contributed by atoms with Crippen LogP contribution in [0.1, 0.15) is 0 Å². The van der Waals surface area contributed by atoms with Gasteiger partial charge in [-0.15, -0.1) is 0 Å². The van der Waals surface area contributed by atoms with Crippen molar-refractivity contribution in [3.05, 3.63) is 42.6 Å². The molecule has 3 aromatic rings. The van der Waals surface area contributed by atoms with Gasteiger partial charge in [0.05, 0.1) is 11.9 Å². The fraction of sp³-hybridized carbons (Fsp3) is 0.125. The van der Waals surface area contributed by atoms with Gasteiger partial charge in [-0.3, -0.25) is 5.32 Å². The summed E-state index contributed by atoms with van der Waals surface area (Å²) in [6.07, 6.45) is 3.17. The number of hydrogen-bond acceptors (Lipinski definition) is 4. The first-order valence-corrected chi connectivity index (χ1v) is 9.53. The molecule has 9 heteroatoms. The highest BCUT2D eigenvalue weighted by Crippen LogP contribution is 2.22. The molecule has 0 aliphatic carbocycles. The lowest BCUT2D eigenvalue weighted by molar-refractivity contribution is 0.254. The highest BCUT2D eigenvalue weighted by atomic mass is 32.2. The summed E-state index contributed by atoms with van der Waals surface area (Å²) in [5.74, 6) is 4.00. The molecule has 0 fully saturated rings. The number of fused-ring (bicyclic) bond motifs is 1. The molecule has 0 spiro atoms. The van der Waals surface area contributed by atoms with Gasteiger partial charge in [-0.1, -0.05) is 12.1 Å². The Labute approximate surface area is 145 Å². The maximum Gasteiger partial charge on any atom is 0.320 e. The molecule has 0 saturated heterocycles. The Morgan fingerprint density at radius 3 is 2.80 bits per heavy atom. The van der Waals surface area contributed by atoms with E-state index in [4.69, 9.17) is 0 Å². The summed E-state index contributed by atoms with van der Waals surface area (Å²) >= 11 is 0. The van der Waals surface area contributed by atoms with Gasteiger partial charge in [-0.2, -0.15) is 5.10 Å². The fourth-order valence-electron chi connectivity index (χ4n) is 2.27. The molecule has 130 valence electrons. The Balaban J connectivity index is 1.93. The summed E-state index contributed by atoms with van der Waals surface area (Å²) in [6, 6.07) is 10.7. The summed E-state index contributed by atoms with van der Waals surface area (Å²) in [5, 5.41) is 9.57. The summed E-state index contributed by atoms with van der Waals surface area (Å²) in [7, 11) is -0.823. The van der Waals surface area contributed by atoms with Gasteiger partial charge in [0, 0.05) is 34.3 Å². The van der Waals surface area contributed by atoms with Gasteiger partial charge in [0.15, 0.2) is 11.5 Å². The van der Waals surface area contributed by atoms with E-state index in [1.807, 2.05) is 36.4 Å². The maximum atomic E-state index is 11.8. The van der Waals surface area contributed by atoms with Gasteiger partial charge in [-0.25, -0.2) is 18.5 Å². The summed E-state index contributed by atoms with van der Waals surface area (Å²) < 4.78 is 16.3. The lowest BCUT2D eigenvalue weighted by Crippen LogP contribution is -2.24. The van der Waals surface area contributed by atoms with Gasteiger partial charge >= 0.3 is 6.03 Å². The molecule has 0 aliphatic rings. The Kier molecular flexibility index (Phi) is 4.32. The molecule has 0 saturated carbocycles. The molecule has 8 nitrogen and oxygen atoms in total. The third-order valence-electron chi connectivity index (χ3n) is 3.28. The number of rotatable bonds is 4. The molecule has 1 unspecified atom stereocenters. The van der Waals surface area contributed by atoms with E-state index in [-0.39, 0.29) is 6.03 Å². The van der Waals surface area contributed by atoms with Crippen molar-refractivity contribution in [1.82, 2.24) is 19.9 Å². The van der Waals surface area contributed by atoms with Gasteiger partial charge in [-0.05, 0) is 30.1 Å². The molecule has 0 bridgehead atoms. The molecule has 3 rings (SSSR count). The average molecular weight is 358 g/mol. The van der Waals surface area contributed by atoms with Crippen molar-refractivity contribution in [2.24, 2.45) is 0 Å². The van der Waals surface area contributed by atoms with E-state index in [1.54, 1.807) is 10.7 Å². The van der Waals surface area contributed by atoms with Crippen LogP contribution in [0.2, 0.25) is 0 Å². The number of anilines is 2. The van der Waals surface area contributed by atoms with Crippen molar-refractivity contribution in [1.29, 1.82) is 0 Å². The SMILES string of the molecule is C=S(C)(=O)Nc1cccc(-c2ccc3nc(NC(=O)NC)cn3n2)c1. The van der Waals surface area contributed by atoms with Gasteiger partial charge in [0.1, 0.15) is 0 Å². The largest absolute Gasteiger partial charge is 0.341 e. The molecule has 2 amide bonds. The second kappa shape index (κ2) is 6.44. The van der Waals surface area contributed by atoms with Gasteiger partial charge in [0.2, 0.25) is 0 Å². The van der Waals surface area contributed by atoms with Crippen LogP contribution in [0.3, 0.4) is 0 Å². The standard InChI is InChI=1S/C16H18N6O2S/c1-17-16(23)19-14-10-22-15(18-14)8-7-13(20-22)11-5-4-6-12(9-11)21-25(2,3)24/h4-10H,2H2,1,3H3,(H,21,24)(H2,17,19,23). The first-order chi connectivity index (χ1) is 11.8. The molecule has 2 heterocycles. The number of nitrogens with zero attached hydrogens (tertiary/aromatic N) is 3.